The Morgan fingerprint density at radius 1 is 1.08 bits per heavy atom. The topological polar surface area (TPSA) is 119 Å². The average Bonchev–Trinajstić information content (AvgIpc) is 3.51. The zero-order valence-corrected chi connectivity index (χ0v) is 28.1. The van der Waals surface area contributed by atoms with Crippen LogP contribution in [0.3, 0.4) is 0 Å². The van der Waals surface area contributed by atoms with Crippen molar-refractivity contribution in [1.82, 2.24) is 25.0 Å². The number of para-hydroxylation sites is 2. The number of carbonyl (C=O) groups excluding carboxylic acids is 1. The lowest BCUT2D eigenvalue weighted by molar-refractivity contribution is 0.147. The number of likely N-dealkylation sites (tertiary alicyclic amines) is 1. The van der Waals surface area contributed by atoms with Crippen LogP contribution in [0.1, 0.15) is 41.2 Å². The van der Waals surface area contributed by atoms with E-state index in [1.54, 1.807) is 37.4 Å². The van der Waals surface area contributed by atoms with Gasteiger partial charge in [-0.1, -0.05) is 35.5 Å². The molecule has 0 radical (unpaired) electrons. The van der Waals surface area contributed by atoms with Gasteiger partial charge in [-0.05, 0) is 94.6 Å². The van der Waals surface area contributed by atoms with Crippen LogP contribution in [0, 0.1) is 32.5 Å². The summed E-state index contributed by atoms with van der Waals surface area (Å²) in [4.78, 5) is 30.6. The van der Waals surface area contributed by atoms with Crippen molar-refractivity contribution < 1.29 is 23.2 Å². The molecule has 0 saturated carbocycles. The zero-order chi connectivity index (χ0) is 34.3. The van der Waals surface area contributed by atoms with Crippen molar-refractivity contribution in [3.8, 4) is 11.5 Å². The van der Waals surface area contributed by atoms with Crippen LogP contribution in [-0.4, -0.2) is 57.8 Å². The lowest BCUT2D eigenvalue weighted by atomic mass is 10.00. The van der Waals surface area contributed by atoms with E-state index in [0.717, 1.165) is 42.6 Å². The maximum atomic E-state index is 15.5. The first-order chi connectivity index (χ1) is 23.7. The van der Waals surface area contributed by atoms with E-state index in [9.17, 15) is 4.79 Å². The van der Waals surface area contributed by atoms with Gasteiger partial charge in [-0.25, -0.2) is 24.1 Å². The number of halogens is 1. The number of nitrogens with zero attached hydrogens (tertiary/aromatic N) is 6. The Bertz CT molecular complexity index is 1880. The van der Waals surface area contributed by atoms with Gasteiger partial charge in [-0.3, -0.25) is 0 Å². The Morgan fingerprint density at radius 3 is 2.61 bits per heavy atom. The van der Waals surface area contributed by atoms with Crippen LogP contribution in [0.5, 0.6) is 11.5 Å². The van der Waals surface area contributed by atoms with Gasteiger partial charge in [0.1, 0.15) is 17.9 Å². The highest BCUT2D eigenvalue weighted by Crippen LogP contribution is 2.38. The molecular formula is C37H40FN7O4. The Labute approximate surface area is 285 Å². The number of piperidine rings is 1. The largest absolute Gasteiger partial charge is 0.490 e. The number of aryl methyl sites for hydroxylation is 5. The Balaban J connectivity index is 1.35. The predicted molar refractivity (Wildman–Crippen MR) is 184 cm³/mol. The molecule has 254 valence electrons. The molecule has 1 aliphatic rings. The van der Waals surface area contributed by atoms with Gasteiger partial charge < -0.3 is 24.2 Å². The highest BCUT2D eigenvalue weighted by Gasteiger charge is 2.27. The van der Waals surface area contributed by atoms with E-state index in [4.69, 9.17) is 14.0 Å². The van der Waals surface area contributed by atoms with Gasteiger partial charge in [-0.15, -0.1) is 0 Å². The van der Waals surface area contributed by atoms with Crippen molar-refractivity contribution in [2.24, 2.45) is 5.92 Å². The van der Waals surface area contributed by atoms with Crippen LogP contribution in [0.15, 0.2) is 77.7 Å². The average molecular weight is 666 g/mol. The van der Waals surface area contributed by atoms with E-state index in [-0.39, 0.29) is 5.75 Å². The molecule has 0 aliphatic carbocycles. The predicted octanol–water partition coefficient (Wildman–Crippen LogP) is 7.51. The van der Waals surface area contributed by atoms with E-state index in [0.29, 0.717) is 65.7 Å². The second-order valence-electron chi connectivity index (χ2n) is 12.4. The third-order valence-corrected chi connectivity index (χ3v) is 8.52. The van der Waals surface area contributed by atoms with E-state index >= 15 is 4.39 Å². The van der Waals surface area contributed by atoms with Crippen LogP contribution in [0.4, 0.5) is 32.1 Å². The lowest BCUT2D eigenvalue weighted by Gasteiger charge is -2.29. The van der Waals surface area contributed by atoms with Crippen molar-refractivity contribution in [1.29, 1.82) is 0 Å². The molecule has 12 heteroatoms. The van der Waals surface area contributed by atoms with Gasteiger partial charge in [0.2, 0.25) is 5.89 Å². The van der Waals surface area contributed by atoms with Crippen molar-refractivity contribution in [3.63, 3.8) is 0 Å². The summed E-state index contributed by atoms with van der Waals surface area (Å²) < 4.78 is 32.9. The number of aromatic nitrogens is 4. The highest BCUT2D eigenvalue weighted by atomic mass is 19.1. The number of amides is 1. The molecule has 3 aromatic carbocycles. The minimum Gasteiger partial charge on any atom is -0.490 e. The second kappa shape index (κ2) is 15.2. The molecule has 1 unspecified atom stereocenters. The van der Waals surface area contributed by atoms with E-state index in [1.165, 1.54) is 17.3 Å². The molecule has 3 heterocycles. The Morgan fingerprint density at radius 2 is 1.90 bits per heavy atom. The smallest absolute Gasteiger partial charge is 0.425 e. The molecule has 0 bridgehead atoms. The number of rotatable bonds is 11. The molecule has 1 N–H and O–H groups in total. The molecule has 1 atom stereocenters. The third kappa shape index (κ3) is 8.21. The van der Waals surface area contributed by atoms with Crippen LogP contribution < -0.4 is 19.7 Å². The molecule has 49 heavy (non-hydrogen) atoms. The molecule has 2 aromatic heterocycles. The first kappa shape index (κ1) is 33.5. The quantitative estimate of drug-likeness (QED) is 0.152. The van der Waals surface area contributed by atoms with Gasteiger partial charge >= 0.3 is 6.09 Å². The molecule has 1 saturated heterocycles. The summed E-state index contributed by atoms with van der Waals surface area (Å²) in [6.45, 7) is 7.98. The molecule has 1 aliphatic heterocycles. The first-order valence-electron chi connectivity index (χ1n) is 16.4. The molecule has 1 fully saturated rings. The summed E-state index contributed by atoms with van der Waals surface area (Å²) in [5.41, 5.74) is 3.90. The Kier molecular flexibility index (Phi) is 10.4. The minimum absolute atomic E-state index is 0.193. The van der Waals surface area contributed by atoms with Gasteiger partial charge in [0, 0.05) is 36.8 Å². The Hall–Kier alpha value is -5.36. The van der Waals surface area contributed by atoms with Crippen LogP contribution in [0.2, 0.25) is 0 Å². The maximum absolute atomic E-state index is 15.5. The summed E-state index contributed by atoms with van der Waals surface area (Å²) in [6, 6.07) is 17.6. The summed E-state index contributed by atoms with van der Waals surface area (Å²) in [6.07, 6.45) is 5.32. The SMILES string of the molecule is Cc1noc(CCc2cccc(N(C(=O)Oc3c(C)cccc3C)c3ccncn3)c2Nc2ccc(OCC3CCCN(C)C3)c(F)c2)n1. The third-order valence-electron chi connectivity index (χ3n) is 8.52. The molecule has 11 nitrogen and oxygen atoms in total. The van der Waals surface area contributed by atoms with Crippen molar-refractivity contribution in [3.05, 3.63) is 107 Å². The number of carbonyl (C=O) groups is 1. The molecule has 0 spiro atoms. The monoisotopic (exact) mass is 665 g/mol. The molecular weight excluding hydrogens is 625 g/mol. The number of nitrogens with one attached hydrogen (secondary N) is 1. The van der Waals surface area contributed by atoms with Gasteiger partial charge in [0.15, 0.2) is 17.4 Å². The highest BCUT2D eigenvalue weighted by molar-refractivity contribution is 6.00. The summed E-state index contributed by atoms with van der Waals surface area (Å²) in [7, 11) is 2.09. The maximum Gasteiger partial charge on any atom is 0.425 e. The van der Waals surface area contributed by atoms with Gasteiger partial charge in [0.25, 0.3) is 0 Å². The fraction of sp³-hybridized carbons (Fsp3) is 0.324. The van der Waals surface area contributed by atoms with Gasteiger partial charge in [-0.2, -0.15) is 4.98 Å². The molecule has 5 aromatic rings. The number of hydrogen-bond donors (Lipinski definition) is 1. The normalized spacial score (nSPS) is 14.8. The van der Waals surface area contributed by atoms with Crippen molar-refractivity contribution in [2.75, 3.05) is 37.0 Å². The fourth-order valence-corrected chi connectivity index (χ4v) is 6.09. The number of benzene rings is 3. The lowest BCUT2D eigenvalue weighted by Crippen LogP contribution is -2.34. The number of ether oxygens (including phenoxy) is 2. The van der Waals surface area contributed by atoms with Crippen molar-refractivity contribution >= 4 is 29.0 Å². The molecule has 6 rings (SSSR count). The number of hydrogen-bond acceptors (Lipinski definition) is 10. The minimum atomic E-state index is -0.674. The van der Waals surface area contributed by atoms with E-state index in [2.05, 4.69) is 37.4 Å². The molecule has 1 amide bonds. The standard InChI is InChI=1S/C37H40FN7O4/c1-24-8-5-9-25(2)36(24)48-37(46)45(33-17-18-39-23-40-33)31-12-6-11-28(13-16-34-41-26(3)43-49-34)35(31)42-29-14-15-32(30(38)20-29)47-22-27-10-7-19-44(4)21-27/h5-6,8-9,11-12,14-15,17-18,20,23,27,42H,7,10,13,16,19,21-22H2,1-4H3. The van der Waals surface area contributed by atoms with Crippen LogP contribution >= 0.6 is 0 Å². The fourth-order valence-electron chi connectivity index (χ4n) is 6.09. The van der Waals surface area contributed by atoms with Crippen molar-refractivity contribution in [2.45, 2.75) is 46.5 Å². The summed E-state index contributed by atoms with van der Waals surface area (Å²) in [5, 5.41) is 7.30. The zero-order valence-electron chi connectivity index (χ0n) is 28.1. The second-order valence-corrected chi connectivity index (χ2v) is 12.4. The van der Waals surface area contributed by atoms with E-state index in [1.807, 2.05) is 44.2 Å². The summed E-state index contributed by atoms with van der Waals surface area (Å²) in [5.74, 6) is 1.83. The number of anilines is 4. The summed E-state index contributed by atoms with van der Waals surface area (Å²) >= 11 is 0. The first-order valence-corrected chi connectivity index (χ1v) is 16.4. The van der Waals surface area contributed by atoms with Crippen LogP contribution in [0.25, 0.3) is 0 Å². The van der Waals surface area contributed by atoms with E-state index < -0.39 is 11.9 Å². The van der Waals surface area contributed by atoms with Crippen LogP contribution in [-0.2, 0) is 12.8 Å². The van der Waals surface area contributed by atoms with Gasteiger partial charge in [0.05, 0.1) is 18.0 Å².